The molecule has 3 heterocycles. The molecule has 4 aromatic rings. The average Bonchev–Trinajstić information content (AvgIpc) is 1.36. The van der Waals surface area contributed by atoms with Crippen molar-refractivity contribution in [1.82, 2.24) is 45.6 Å². The first kappa shape index (κ1) is 76.8. The van der Waals surface area contributed by atoms with E-state index in [0.29, 0.717) is 37.9 Å². The molecule has 16 atom stereocenters. The van der Waals surface area contributed by atoms with Crippen LogP contribution >= 0.6 is 15.9 Å². The Bertz CT molecular complexity index is 3180. The summed E-state index contributed by atoms with van der Waals surface area (Å²) in [7, 11) is 5.91. The van der Waals surface area contributed by atoms with Crippen LogP contribution in [0.15, 0.2) is 79.0 Å². The topological polar surface area (TPSA) is 369 Å². The molecule has 3 aromatic carbocycles. The second-order valence-electron chi connectivity index (χ2n) is 25.3. The lowest BCUT2D eigenvalue weighted by Gasteiger charge is -2.41. The molecule has 2 aliphatic heterocycles. The lowest BCUT2D eigenvalue weighted by atomic mass is 9.89. The summed E-state index contributed by atoms with van der Waals surface area (Å²) in [5.74, 6) is -4.52. The predicted octanol–water partition coefficient (Wildman–Crippen LogP) is 4.10. The van der Waals surface area contributed by atoms with E-state index in [4.69, 9.17) is 23.7 Å². The van der Waals surface area contributed by atoms with Gasteiger partial charge in [0, 0.05) is 60.1 Å². The lowest BCUT2D eigenvalue weighted by Crippen LogP contribution is -2.60. The summed E-state index contributed by atoms with van der Waals surface area (Å²) in [6.07, 6.45) is -10.6. The van der Waals surface area contributed by atoms with E-state index in [1.165, 1.54) is 36.9 Å². The number of hydrogen-bond acceptors (Lipinski definition) is 20. The minimum atomic E-state index is -1.90. The Balaban J connectivity index is 1.21. The fraction of sp³-hybridized carbons (Fsp3) is 0.606. The number of nitro benzene ring substituents is 1. The minimum absolute atomic E-state index is 0.0448. The van der Waals surface area contributed by atoms with Gasteiger partial charge < -0.3 is 75.0 Å². The number of aromatic nitrogens is 3. The Labute approximate surface area is 562 Å². The molecule has 29 heteroatoms. The van der Waals surface area contributed by atoms with Crippen molar-refractivity contribution < 1.29 is 82.9 Å². The molecular weight excluding hydrogens is 1300 g/mol. The van der Waals surface area contributed by atoms with Gasteiger partial charge in [0.05, 0.1) is 77.9 Å². The summed E-state index contributed by atoms with van der Waals surface area (Å²) >= 11 is 3.13. The number of ether oxygens (including phenoxy) is 5. The summed E-state index contributed by atoms with van der Waals surface area (Å²) in [6, 6.07) is 15.7. The first-order valence-corrected chi connectivity index (χ1v) is 33.2. The number of amides is 6. The van der Waals surface area contributed by atoms with Crippen molar-refractivity contribution in [2.75, 3.05) is 46.8 Å². The molecule has 0 bridgehead atoms. The van der Waals surface area contributed by atoms with Crippen LogP contribution in [0, 0.1) is 33.8 Å². The standard InChI is InChI=1S/C66H95BrN10O18/c1-13-38(6)56(50(91-11)30-53(80)76-27-17-20-46(76)61(92-12)39(7)62(85)69-40(8)57(81)43-18-15-14-16-19-43)73(9)64(87)54(36(2)3)70-63(86)55(37(4)5)74(10)66(88)95-49(29-45-34-75(72-71-45)33-42-23-21-41(22-24-42)32-68-52(79)31-67)44-25-26-48(47(28-44)77(89)90)93-65-60(84)59(83)58(82)51(35-78)94-65/h14-16,18-19,21-26,28,34,36-40,46,49-51,54-61,65,78,81-84H,13,17,20,27,29-33,35H2,1-12H3,(H,68,79)(H,69,85)(H,70,86)/t38-,39+,40+,46-,49?,50+,51+,54-,55-,56-,57+,58-,59-,60+,61+,65?/m0/s1. The van der Waals surface area contributed by atoms with Crippen molar-refractivity contribution >= 4 is 57.2 Å². The van der Waals surface area contributed by atoms with Gasteiger partial charge in [-0.15, -0.1) is 5.10 Å². The Morgan fingerprint density at radius 2 is 1.53 bits per heavy atom. The van der Waals surface area contributed by atoms with E-state index < -0.39 is 144 Å². The van der Waals surface area contributed by atoms with Crippen LogP contribution < -0.4 is 20.7 Å². The number of nitrogens with zero attached hydrogens (tertiary/aromatic N) is 7. The lowest BCUT2D eigenvalue weighted by molar-refractivity contribution is -0.387. The molecule has 2 fully saturated rings. The monoisotopic (exact) mass is 1390 g/mol. The number of hydrogen-bond donors (Lipinski definition) is 8. The van der Waals surface area contributed by atoms with E-state index in [-0.39, 0.29) is 59.6 Å². The number of nitro groups is 1. The van der Waals surface area contributed by atoms with Crippen molar-refractivity contribution in [2.24, 2.45) is 23.7 Å². The molecule has 28 nitrogen and oxygen atoms in total. The van der Waals surface area contributed by atoms with Gasteiger partial charge in [-0.05, 0) is 65.8 Å². The van der Waals surface area contributed by atoms with Crippen LogP contribution in [-0.4, -0.2) is 216 Å². The SMILES string of the molecule is CC[C@H](C)[C@@H]([C@@H](CC(=O)N1CCC[C@H]1[C@H](OC)[C@@H](C)C(=O)N[C@H](C)[C@@H](O)c1ccccc1)OC)N(C)C(=O)[C@@H](NC(=O)[C@H](C(C)C)N(C)C(=O)OC(Cc1cn(Cc2ccc(CNC(=O)CBr)cc2)nn1)c1ccc(OC2O[C@H](CO)[C@H](O)[C@H](O)[C@H]2O)c([N+](=O)[O-])c1)C(C)C. The van der Waals surface area contributed by atoms with Crippen molar-refractivity contribution in [3.63, 3.8) is 0 Å². The fourth-order valence-corrected chi connectivity index (χ4v) is 12.5. The van der Waals surface area contributed by atoms with Gasteiger partial charge in [-0.2, -0.15) is 0 Å². The van der Waals surface area contributed by atoms with E-state index in [0.717, 1.165) is 28.2 Å². The summed E-state index contributed by atoms with van der Waals surface area (Å²) < 4.78 is 31.0. The van der Waals surface area contributed by atoms with E-state index >= 15 is 4.79 Å². The van der Waals surface area contributed by atoms with Crippen molar-refractivity contribution in [1.29, 1.82) is 0 Å². The first-order chi connectivity index (χ1) is 45.1. The molecule has 6 amide bonds. The minimum Gasteiger partial charge on any atom is -0.455 e. The Morgan fingerprint density at radius 1 is 0.853 bits per heavy atom. The summed E-state index contributed by atoms with van der Waals surface area (Å²) in [6.45, 7) is 14.4. The van der Waals surface area contributed by atoms with Gasteiger partial charge in [-0.1, -0.05) is 137 Å². The second-order valence-corrected chi connectivity index (χ2v) is 25.8. The number of likely N-dealkylation sites (N-methyl/N-ethyl adjacent to an activating group) is 2. The van der Waals surface area contributed by atoms with E-state index in [1.54, 1.807) is 84.0 Å². The van der Waals surface area contributed by atoms with Gasteiger partial charge in [-0.3, -0.25) is 39.0 Å². The zero-order valence-electron chi connectivity index (χ0n) is 56.0. The fourth-order valence-electron chi connectivity index (χ4n) is 12.3. The molecule has 2 aliphatic rings. The number of halogens is 1. The zero-order valence-corrected chi connectivity index (χ0v) is 57.6. The van der Waals surface area contributed by atoms with Gasteiger partial charge in [0.15, 0.2) is 5.75 Å². The highest BCUT2D eigenvalue weighted by Crippen LogP contribution is 2.36. The molecule has 1 aromatic heterocycles. The van der Waals surface area contributed by atoms with Crippen LogP contribution in [0.3, 0.4) is 0 Å². The van der Waals surface area contributed by atoms with Gasteiger partial charge in [0.2, 0.25) is 35.8 Å². The number of likely N-dealkylation sites (tertiary alicyclic amines) is 1. The Morgan fingerprint density at radius 3 is 2.13 bits per heavy atom. The maximum atomic E-state index is 15.0. The third-order valence-electron chi connectivity index (χ3n) is 17.9. The maximum Gasteiger partial charge on any atom is 0.410 e. The third-order valence-corrected chi connectivity index (χ3v) is 18.4. The maximum absolute atomic E-state index is 15.0. The summed E-state index contributed by atoms with van der Waals surface area (Å²) in [4.78, 5) is 101. The molecule has 0 radical (unpaired) electrons. The zero-order chi connectivity index (χ0) is 70.1. The molecule has 95 heavy (non-hydrogen) atoms. The number of nitrogens with one attached hydrogen (secondary N) is 3. The number of aliphatic hydroxyl groups is 5. The predicted molar refractivity (Wildman–Crippen MR) is 350 cm³/mol. The second kappa shape index (κ2) is 35.7. The highest BCUT2D eigenvalue weighted by atomic mass is 79.9. The first-order valence-electron chi connectivity index (χ1n) is 32.0. The number of carbonyl (C=O) groups is 6. The smallest absolute Gasteiger partial charge is 0.410 e. The van der Waals surface area contributed by atoms with Crippen LogP contribution in [0.1, 0.15) is 121 Å². The highest BCUT2D eigenvalue weighted by Gasteiger charge is 2.47. The molecule has 0 spiro atoms. The van der Waals surface area contributed by atoms with Crippen LogP contribution in [-0.2, 0) is 62.4 Å². The highest BCUT2D eigenvalue weighted by molar-refractivity contribution is 9.09. The largest absolute Gasteiger partial charge is 0.455 e. The van der Waals surface area contributed by atoms with Gasteiger partial charge in [-0.25, -0.2) is 9.48 Å². The molecule has 524 valence electrons. The molecule has 8 N–H and O–H groups in total. The number of rotatable bonds is 33. The number of aliphatic hydroxyl groups excluding tert-OH is 5. The van der Waals surface area contributed by atoms with Gasteiger partial charge in [0.25, 0.3) is 0 Å². The molecule has 6 rings (SSSR count). The average molecular weight is 1400 g/mol. The van der Waals surface area contributed by atoms with E-state index in [1.807, 2.05) is 44.2 Å². The van der Waals surface area contributed by atoms with Crippen molar-refractivity contribution in [2.45, 2.75) is 186 Å². The summed E-state index contributed by atoms with van der Waals surface area (Å²) in [5, 5.41) is 82.4. The third kappa shape index (κ3) is 19.7. The van der Waals surface area contributed by atoms with Crippen LogP contribution in [0.25, 0.3) is 0 Å². The number of benzene rings is 3. The van der Waals surface area contributed by atoms with E-state index in [9.17, 15) is 59.6 Å². The van der Waals surface area contributed by atoms with Crippen LogP contribution in [0.4, 0.5) is 10.5 Å². The van der Waals surface area contributed by atoms with Crippen molar-refractivity contribution in [3.8, 4) is 5.75 Å². The quantitative estimate of drug-likeness (QED) is 0.0189. The molecule has 0 aliphatic carbocycles. The Kier molecular flexibility index (Phi) is 28.8. The van der Waals surface area contributed by atoms with Crippen LogP contribution in [0.2, 0.25) is 0 Å². The molecular formula is C66H95BrN10O18. The number of carbonyl (C=O) groups excluding carboxylic acids is 6. The van der Waals surface area contributed by atoms with Crippen molar-refractivity contribution in [3.05, 3.63) is 117 Å². The molecule has 2 unspecified atom stereocenters. The van der Waals surface area contributed by atoms with Gasteiger partial charge >= 0.3 is 11.8 Å². The van der Waals surface area contributed by atoms with Gasteiger partial charge in [0.1, 0.15) is 42.6 Å². The normalized spacial score (nSPS) is 21.2. The van der Waals surface area contributed by atoms with E-state index in [2.05, 4.69) is 42.2 Å². The Hall–Kier alpha value is -7.22. The number of alkyl halides is 1. The molecule has 0 saturated carbocycles. The summed E-state index contributed by atoms with van der Waals surface area (Å²) in [5.41, 5.74) is 1.96. The van der Waals surface area contributed by atoms with Crippen LogP contribution in [0.5, 0.6) is 5.75 Å². The molecule has 2 saturated heterocycles. The number of methoxy groups -OCH3 is 2.